The Morgan fingerprint density at radius 2 is 1.43 bits per heavy atom. The minimum Gasteiger partial charge on any atom is -0.857 e. The molecule has 35 heavy (non-hydrogen) atoms. The van der Waals surface area contributed by atoms with E-state index in [9.17, 15) is 14.4 Å². The van der Waals surface area contributed by atoms with E-state index in [4.69, 9.17) is 27.0 Å². The molecule has 12 nitrogen and oxygen atoms in total. The van der Waals surface area contributed by atoms with Crippen molar-refractivity contribution in [1.29, 1.82) is 0 Å². The summed E-state index contributed by atoms with van der Waals surface area (Å²) in [6.07, 6.45) is 0. The molecule has 0 saturated heterocycles. The molecule has 2 aromatic carbocycles. The Balaban J connectivity index is 0. The van der Waals surface area contributed by atoms with E-state index in [-0.39, 0.29) is 48.6 Å². The molecular formula is C21H26ClN6NaO6. The van der Waals surface area contributed by atoms with Crippen LogP contribution in [0, 0.1) is 11.8 Å². The fourth-order valence-corrected chi connectivity index (χ4v) is 2.25. The summed E-state index contributed by atoms with van der Waals surface area (Å²) in [5.74, 6) is 4.38. The second kappa shape index (κ2) is 20.8. The van der Waals surface area contributed by atoms with Gasteiger partial charge in [0.05, 0.1) is 6.54 Å². The third kappa shape index (κ3) is 13.8. The molecule has 3 amide bonds. The smallest absolute Gasteiger partial charge is 0.857 e. The number of carbonyl (C=O) groups excluding carboxylic acids is 3. The number of amides is 3. The van der Waals surface area contributed by atoms with E-state index in [1.54, 1.807) is 48.5 Å². The molecule has 1 atom stereocenters. The molecule has 0 radical (unpaired) electrons. The van der Waals surface area contributed by atoms with Crippen LogP contribution in [-0.4, -0.2) is 54.4 Å². The van der Waals surface area contributed by atoms with Crippen molar-refractivity contribution in [2.45, 2.75) is 6.04 Å². The van der Waals surface area contributed by atoms with Crippen molar-refractivity contribution in [1.82, 2.24) is 15.8 Å². The van der Waals surface area contributed by atoms with Gasteiger partial charge >= 0.3 is 29.6 Å². The third-order valence-electron chi connectivity index (χ3n) is 3.82. The normalized spacial score (nSPS) is 9.69. The maximum atomic E-state index is 12.2. The Morgan fingerprint density at radius 1 is 0.971 bits per heavy atom. The molecule has 0 aliphatic heterocycles. The average Bonchev–Trinajstić information content (AvgIpc) is 2.88. The van der Waals surface area contributed by atoms with Crippen LogP contribution < -0.4 is 67.2 Å². The molecule has 2 aromatic rings. The topological polar surface area (TPSA) is 215 Å². The second-order valence-corrected chi connectivity index (χ2v) is 6.15. The number of hydrogen-bond donors (Lipinski definition) is 8. The van der Waals surface area contributed by atoms with Gasteiger partial charge in [0, 0.05) is 40.7 Å². The fraction of sp³-hybridized carbons (Fsp3) is 0.190. The van der Waals surface area contributed by atoms with Crippen LogP contribution in [0.4, 0.5) is 5.69 Å². The van der Waals surface area contributed by atoms with Crippen molar-refractivity contribution in [2.24, 2.45) is 11.5 Å². The first kappa shape index (κ1) is 34.6. The number of nitrogens with two attached hydrogens (primary N) is 2. The molecule has 10 N–H and O–H groups in total. The summed E-state index contributed by atoms with van der Waals surface area (Å²) in [7, 11) is 0.750. The SMILES string of the molecule is C[O-].NCC(=O)Nc1ccc(C#Cc2ccc(C(=O)N[C@@H](CN)C(=O)NO)cc2)cc1.ONCl.[Na+]. The predicted molar refractivity (Wildman–Crippen MR) is 123 cm³/mol. The van der Waals surface area contributed by atoms with Crippen molar-refractivity contribution in [3.63, 3.8) is 0 Å². The molecule has 0 fully saturated rings. The number of anilines is 1. The van der Waals surface area contributed by atoms with Crippen LogP contribution >= 0.6 is 11.8 Å². The summed E-state index contributed by atoms with van der Waals surface area (Å²) in [5, 5.41) is 29.0. The molecule has 184 valence electrons. The third-order valence-corrected chi connectivity index (χ3v) is 3.82. The molecule has 0 spiro atoms. The Bertz CT molecular complexity index is 967. The molecule has 14 heteroatoms. The zero-order chi connectivity index (χ0) is 25.9. The van der Waals surface area contributed by atoms with Gasteiger partial charge < -0.3 is 32.4 Å². The number of rotatable bonds is 6. The molecule has 0 saturated carbocycles. The molecule has 0 heterocycles. The van der Waals surface area contributed by atoms with E-state index < -0.39 is 17.9 Å². The zero-order valence-electron chi connectivity index (χ0n) is 19.2. The molecular weight excluding hydrogens is 491 g/mol. The van der Waals surface area contributed by atoms with Crippen LogP contribution in [0.15, 0.2) is 48.5 Å². The molecule has 0 aromatic heterocycles. The van der Waals surface area contributed by atoms with Crippen LogP contribution in [0.1, 0.15) is 21.5 Å². The number of hydroxylamine groups is 1. The average molecular weight is 517 g/mol. The summed E-state index contributed by atoms with van der Waals surface area (Å²) >= 11 is 4.30. The van der Waals surface area contributed by atoms with Crippen molar-refractivity contribution >= 4 is 35.2 Å². The van der Waals surface area contributed by atoms with Crippen LogP contribution in [0.5, 0.6) is 0 Å². The maximum absolute atomic E-state index is 12.2. The Labute approximate surface area is 229 Å². The predicted octanol–water partition coefficient (Wildman–Crippen LogP) is -4.35. The number of benzene rings is 2. The first-order chi connectivity index (χ1) is 16.4. The van der Waals surface area contributed by atoms with Gasteiger partial charge in [-0.1, -0.05) is 11.8 Å². The van der Waals surface area contributed by atoms with E-state index in [1.807, 2.05) is 0 Å². The molecule has 0 bridgehead atoms. The van der Waals surface area contributed by atoms with Gasteiger partial charge in [-0.2, -0.15) is 7.11 Å². The van der Waals surface area contributed by atoms with E-state index >= 15 is 0 Å². The Hall–Kier alpha value is -2.54. The van der Waals surface area contributed by atoms with Gasteiger partial charge in [-0.05, 0) is 48.5 Å². The summed E-state index contributed by atoms with van der Waals surface area (Å²) in [4.78, 5) is 36.0. The van der Waals surface area contributed by atoms with Gasteiger partial charge in [0.1, 0.15) is 6.04 Å². The molecule has 0 unspecified atom stereocenters. The van der Waals surface area contributed by atoms with Gasteiger partial charge in [0.2, 0.25) is 5.91 Å². The van der Waals surface area contributed by atoms with E-state index in [0.29, 0.717) is 16.8 Å². The quantitative estimate of drug-likeness (QED) is 0.0611. The zero-order valence-corrected chi connectivity index (χ0v) is 21.9. The minimum atomic E-state index is -1.04. The number of nitrogens with one attached hydrogen (secondary N) is 4. The number of carbonyl (C=O) groups is 3. The number of hydrogen-bond acceptors (Lipinski definition) is 9. The summed E-state index contributed by atoms with van der Waals surface area (Å²) in [6.45, 7) is -0.243. The largest absolute Gasteiger partial charge is 1.00 e. The van der Waals surface area contributed by atoms with Crippen LogP contribution in [-0.2, 0) is 9.59 Å². The van der Waals surface area contributed by atoms with E-state index in [1.165, 1.54) is 10.5 Å². The number of halogens is 1. The van der Waals surface area contributed by atoms with Gasteiger partial charge in [0.25, 0.3) is 11.8 Å². The van der Waals surface area contributed by atoms with Crippen molar-refractivity contribution in [3.05, 3.63) is 65.2 Å². The van der Waals surface area contributed by atoms with Gasteiger partial charge in [-0.25, -0.2) is 5.48 Å². The standard InChI is InChI=1S/C20H21N5O4.CH3O.ClH2NO.Na/c21-11-17(20(28)25-29)24-19(27)15-7-3-13(4-8-15)1-2-14-5-9-16(10-6-14)23-18(26)12-22;1-2;1-2-3;/h3-10,17,29H,11-12,21-22H2,(H,23,26)(H,24,27)(H,25,28);1H3;2-3H;/q;-1;;+1/t17-;;;/m0.../s1. The van der Waals surface area contributed by atoms with Gasteiger partial charge in [-0.15, -0.1) is 5.00 Å². The summed E-state index contributed by atoms with van der Waals surface area (Å²) in [6, 6.07) is 12.4. The molecule has 0 aliphatic carbocycles. The Kier molecular flexibility index (Phi) is 20.6. The maximum Gasteiger partial charge on any atom is 1.00 e. The molecule has 0 aliphatic rings. The summed E-state index contributed by atoms with van der Waals surface area (Å²) < 4.78 is 0. The van der Waals surface area contributed by atoms with E-state index in [0.717, 1.165) is 12.7 Å². The van der Waals surface area contributed by atoms with E-state index in [2.05, 4.69) is 34.3 Å². The van der Waals surface area contributed by atoms with Crippen molar-refractivity contribution in [2.75, 3.05) is 25.5 Å². The first-order valence-electron chi connectivity index (χ1n) is 9.46. The van der Waals surface area contributed by atoms with Crippen molar-refractivity contribution < 1.29 is 59.5 Å². The monoisotopic (exact) mass is 516 g/mol. The molecule has 2 rings (SSSR count). The minimum absolute atomic E-state index is 0. The fourth-order valence-electron chi connectivity index (χ4n) is 2.25. The van der Waals surface area contributed by atoms with Crippen molar-refractivity contribution in [3.8, 4) is 11.8 Å². The Morgan fingerprint density at radius 3 is 1.83 bits per heavy atom. The van der Waals surface area contributed by atoms with Crippen LogP contribution in [0.3, 0.4) is 0 Å². The van der Waals surface area contributed by atoms with Gasteiger partial charge in [-0.3, -0.25) is 19.6 Å². The summed E-state index contributed by atoms with van der Waals surface area (Å²) in [5.41, 5.74) is 14.5. The van der Waals surface area contributed by atoms with Crippen LogP contribution in [0.2, 0.25) is 0 Å². The first-order valence-corrected chi connectivity index (χ1v) is 9.83. The van der Waals surface area contributed by atoms with Gasteiger partial charge in [0.15, 0.2) is 0 Å². The van der Waals surface area contributed by atoms with Crippen LogP contribution in [0.25, 0.3) is 0 Å². The second-order valence-electron chi connectivity index (χ2n) is 5.98.